The van der Waals surface area contributed by atoms with E-state index in [4.69, 9.17) is 0 Å². The number of hydrogen-bond acceptors (Lipinski definition) is 6. The van der Waals surface area contributed by atoms with Crippen LogP contribution in [-0.4, -0.2) is 51.9 Å². The molecule has 11 heteroatoms. The first-order chi connectivity index (χ1) is 16.1. The monoisotopic (exact) mass is 486 g/mol. The van der Waals surface area contributed by atoms with Gasteiger partial charge >= 0.3 is 0 Å². The molecule has 0 radical (unpaired) electrons. The minimum atomic E-state index is -3.67. The van der Waals surface area contributed by atoms with Crippen LogP contribution >= 0.6 is 0 Å². The molecule has 2 aromatic carbocycles. The number of benzene rings is 2. The quantitative estimate of drug-likeness (QED) is 0.594. The molecule has 0 bridgehead atoms. The number of nitrogens with zero attached hydrogens (tertiary/aromatic N) is 5. The Balaban J connectivity index is 1.45. The highest BCUT2D eigenvalue weighted by Crippen LogP contribution is 2.29. The molecule has 1 aliphatic heterocycles. The van der Waals surface area contributed by atoms with E-state index in [2.05, 4.69) is 20.8 Å². The van der Waals surface area contributed by atoms with Gasteiger partial charge in [0.2, 0.25) is 15.9 Å². The van der Waals surface area contributed by atoms with E-state index in [0.29, 0.717) is 40.4 Å². The molecule has 2 heterocycles. The average molecular weight is 487 g/mol. The van der Waals surface area contributed by atoms with Crippen LogP contribution in [0.4, 0.5) is 10.1 Å². The molecule has 1 aromatic heterocycles. The van der Waals surface area contributed by atoms with Crippen molar-refractivity contribution in [1.29, 1.82) is 0 Å². The van der Waals surface area contributed by atoms with Gasteiger partial charge in [-0.05, 0) is 80.3 Å². The van der Waals surface area contributed by atoms with Gasteiger partial charge in [0.1, 0.15) is 5.82 Å². The molecule has 0 aliphatic carbocycles. The molecule has 0 spiro atoms. The Kier molecular flexibility index (Phi) is 6.50. The number of aromatic nitrogens is 4. The maximum absolute atomic E-state index is 14.4. The van der Waals surface area contributed by atoms with Crippen molar-refractivity contribution in [2.75, 3.05) is 18.4 Å². The highest BCUT2D eigenvalue weighted by atomic mass is 32.2. The summed E-state index contributed by atoms with van der Waals surface area (Å²) in [7, 11) is -3.67. The summed E-state index contributed by atoms with van der Waals surface area (Å²) in [6.07, 6.45) is 0.699. The van der Waals surface area contributed by atoms with Gasteiger partial charge in [-0.1, -0.05) is 17.7 Å². The van der Waals surface area contributed by atoms with E-state index in [0.717, 1.165) is 5.56 Å². The van der Waals surface area contributed by atoms with Crippen LogP contribution < -0.4 is 5.32 Å². The molecule has 0 unspecified atom stereocenters. The number of halogens is 1. The maximum atomic E-state index is 14.4. The molecular weight excluding hydrogens is 459 g/mol. The second-order valence-corrected chi connectivity index (χ2v) is 10.6. The summed E-state index contributed by atoms with van der Waals surface area (Å²) >= 11 is 0. The number of carbonyl (C=O) groups is 1. The first kappa shape index (κ1) is 24.0. The van der Waals surface area contributed by atoms with Crippen LogP contribution in [0.3, 0.4) is 0 Å². The molecule has 1 fully saturated rings. The topological polar surface area (TPSA) is 110 Å². The first-order valence-electron chi connectivity index (χ1n) is 11.0. The number of sulfonamides is 1. The third kappa shape index (κ3) is 4.58. The Hall–Kier alpha value is -3.18. The van der Waals surface area contributed by atoms with Crippen LogP contribution in [0, 0.1) is 39.4 Å². The van der Waals surface area contributed by atoms with Crippen LogP contribution in [0.5, 0.6) is 0 Å². The Morgan fingerprint density at radius 2 is 1.71 bits per heavy atom. The lowest BCUT2D eigenvalue weighted by molar-refractivity contribution is -0.120. The van der Waals surface area contributed by atoms with Gasteiger partial charge < -0.3 is 5.32 Å². The highest BCUT2D eigenvalue weighted by Gasteiger charge is 2.34. The first-order valence-corrected chi connectivity index (χ1v) is 12.5. The summed E-state index contributed by atoms with van der Waals surface area (Å²) < 4.78 is 43.8. The molecule has 9 nitrogen and oxygen atoms in total. The van der Waals surface area contributed by atoms with Crippen molar-refractivity contribution in [1.82, 2.24) is 24.5 Å². The summed E-state index contributed by atoms with van der Waals surface area (Å²) in [4.78, 5) is 13.2. The minimum absolute atomic E-state index is 0.0263. The molecular formula is C23H27FN6O3S. The SMILES string of the molecule is Cc1cc(C)c(S(=O)(=O)N2CCC(C(=O)Nc3cc(-n4nnnc4C)ccc3F)CC2)c(C)c1. The van der Waals surface area contributed by atoms with Crippen LogP contribution in [-0.2, 0) is 14.8 Å². The molecule has 1 N–H and O–H groups in total. The van der Waals surface area contributed by atoms with Crippen molar-refractivity contribution in [2.24, 2.45) is 5.92 Å². The molecule has 3 aromatic rings. The van der Waals surface area contributed by atoms with E-state index in [1.807, 2.05) is 19.1 Å². The lowest BCUT2D eigenvalue weighted by Crippen LogP contribution is -2.41. The number of aryl methyl sites for hydroxylation is 4. The summed E-state index contributed by atoms with van der Waals surface area (Å²) in [6.45, 7) is 7.68. The molecule has 180 valence electrons. The fourth-order valence-electron chi connectivity index (χ4n) is 4.51. The smallest absolute Gasteiger partial charge is 0.243 e. The number of hydrogen-bond donors (Lipinski definition) is 1. The Morgan fingerprint density at radius 1 is 1.06 bits per heavy atom. The number of rotatable bonds is 5. The molecule has 0 atom stereocenters. The van der Waals surface area contributed by atoms with E-state index in [9.17, 15) is 17.6 Å². The molecule has 1 aliphatic rings. The zero-order chi connectivity index (χ0) is 24.6. The fourth-order valence-corrected chi connectivity index (χ4v) is 6.39. The molecule has 0 saturated carbocycles. The second kappa shape index (κ2) is 9.22. The van der Waals surface area contributed by atoms with Crippen molar-refractivity contribution >= 4 is 21.6 Å². The van der Waals surface area contributed by atoms with Gasteiger partial charge in [0.15, 0.2) is 5.82 Å². The predicted octanol–water partition coefficient (Wildman–Crippen LogP) is 3.07. The van der Waals surface area contributed by atoms with Gasteiger partial charge in [0.25, 0.3) is 0 Å². The maximum Gasteiger partial charge on any atom is 0.243 e. The summed E-state index contributed by atoms with van der Waals surface area (Å²) in [5.41, 5.74) is 2.98. The molecule has 1 amide bonds. The van der Waals surface area contributed by atoms with Crippen molar-refractivity contribution in [3.8, 4) is 5.69 Å². The number of amides is 1. The molecule has 4 rings (SSSR count). The molecule has 34 heavy (non-hydrogen) atoms. The number of anilines is 1. The summed E-state index contributed by atoms with van der Waals surface area (Å²) in [6, 6.07) is 7.96. The Labute approximate surface area is 198 Å². The van der Waals surface area contributed by atoms with Crippen LogP contribution in [0.2, 0.25) is 0 Å². The summed E-state index contributed by atoms with van der Waals surface area (Å²) in [5.74, 6) is -0.821. The van der Waals surface area contributed by atoms with E-state index < -0.39 is 21.8 Å². The number of carbonyl (C=O) groups excluding carboxylic acids is 1. The van der Waals surface area contributed by atoms with E-state index >= 15 is 0 Å². The van der Waals surface area contributed by atoms with Crippen molar-refractivity contribution < 1.29 is 17.6 Å². The Morgan fingerprint density at radius 3 is 2.29 bits per heavy atom. The van der Waals surface area contributed by atoms with Gasteiger partial charge in [0, 0.05) is 19.0 Å². The third-order valence-corrected chi connectivity index (χ3v) is 8.31. The number of tetrazole rings is 1. The van der Waals surface area contributed by atoms with Crippen molar-refractivity contribution in [2.45, 2.75) is 45.4 Å². The zero-order valence-corrected chi connectivity index (χ0v) is 20.4. The van der Waals surface area contributed by atoms with Gasteiger partial charge in [-0.25, -0.2) is 12.8 Å². The van der Waals surface area contributed by atoms with Gasteiger partial charge in [-0.3, -0.25) is 4.79 Å². The lowest BCUT2D eigenvalue weighted by Gasteiger charge is -2.31. The van der Waals surface area contributed by atoms with Gasteiger partial charge in [-0.15, -0.1) is 5.10 Å². The van der Waals surface area contributed by atoms with Crippen LogP contribution in [0.25, 0.3) is 5.69 Å². The zero-order valence-electron chi connectivity index (χ0n) is 19.5. The molecule has 1 saturated heterocycles. The Bertz CT molecular complexity index is 1320. The average Bonchev–Trinajstić information content (AvgIpc) is 3.20. The third-order valence-electron chi connectivity index (χ3n) is 6.11. The standard InChI is InChI=1S/C23H27FN6O3S/c1-14-11-15(2)22(16(3)12-14)34(32,33)29-9-7-18(8-10-29)23(31)25-21-13-19(5-6-20(21)24)30-17(4)26-27-28-30/h5-6,11-13,18H,7-10H2,1-4H3,(H,25,31). The fraction of sp³-hybridized carbons (Fsp3) is 0.391. The van der Waals surface area contributed by atoms with E-state index in [-0.39, 0.29) is 24.7 Å². The van der Waals surface area contributed by atoms with Gasteiger partial charge in [0.05, 0.1) is 16.3 Å². The normalized spacial score (nSPS) is 15.4. The second-order valence-electron chi connectivity index (χ2n) is 8.70. The van der Waals surface area contributed by atoms with Gasteiger partial charge in [-0.2, -0.15) is 8.99 Å². The number of piperidine rings is 1. The highest BCUT2D eigenvalue weighted by molar-refractivity contribution is 7.89. The van der Waals surface area contributed by atoms with Crippen molar-refractivity contribution in [3.05, 3.63) is 58.7 Å². The predicted molar refractivity (Wildman–Crippen MR) is 125 cm³/mol. The number of nitrogens with one attached hydrogen (secondary N) is 1. The van der Waals surface area contributed by atoms with E-state index in [1.54, 1.807) is 20.8 Å². The summed E-state index contributed by atoms with van der Waals surface area (Å²) in [5, 5.41) is 13.9. The van der Waals surface area contributed by atoms with Crippen molar-refractivity contribution in [3.63, 3.8) is 0 Å². The largest absolute Gasteiger partial charge is 0.323 e. The van der Waals surface area contributed by atoms with Crippen LogP contribution in [0.15, 0.2) is 35.2 Å². The minimum Gasteiger partial charge on any atom is -0.323 e. The lowest BCUT2D eigenvalue weighted by atomic mass is 9.97. The van der Waals surface area contributed by atoms with E-state index in [1.165, 1.54) is 27.2 Å². The van der Waals surface area contributed by atoms with Crippen LogP contribution in [0.1, 0.15) is 35.4 Å².